The summed E-state index contributed by atoms with van der Waals surface area (Å²) in [6.07, 6.45) is 0. The van der Waals surface area contributed by atoms with E-state index in [4.69, 9.17) is 9.11 Å². The molecule has 0 bridgehead atoms. The molecule has 7 nitrogen and oxygen atoms in total. The van der Waals surface area contributed by atoms with Gasteiger partial charge in [-0.05, 0) is 48.1 Å². The molecule has 4 N–H and O–H groups in total. The molecule has 0 aliphatic heterocycles. The molecule has 0 saturated carbocycles. The van der Waals surface area contributed by atoms with Crippen molar-refractivity contribution in [2.75, 3.05) is 0 Å². The van der Waals surface area contributed by atoms with E-state index in [1.54, 1.807) is 24.3 Å². The summed E-state index contributed by atoms with van der Waals surface area (Å²) in [4.78, 5) is -0.396. The summed E-state index contributed by atoms with van der Waals surface area (Å²) in [6.45, 7) is 0. The normalized spacial score (nSPS) is 11.0. The molecular weight excluding hydrogens is 501 g/mol. The summed E-state index contributed by atoms with van der Waals surface area (Å²) in [5, 5.41) is 2.62. The zero-order valence-corrected chi connectivity index (χ0v) is 25.1. The van der Waals surface area contributed by atoms with Gasteiger partial charge in [-0.25, -0.2) is 0 Å². The van der Waals surface area contributed by atoms with Gasteiger partial charge in [0, 0.05) is 0 Å². The Kier molecular flexibility index (Phi) is 13.6. The molecule has 0 aromatic heterocycles. The quantitative estimate of drug-likeness (QED) is 0.197. The van der Waals surface area contributed by atoms with E-state index in [1.807, 2.05) is 30.3 Å². The predicted octanol–water partition coefficient (Wildman–Crippen LogP) is -4.65. The smallest absolute Gasteiger partial charge is 1.00 e. The van der Waals surface area contributed by atoms with Crippen molar-refractivity contribution in [2.45, 2.75) is 9.79 Å². The first-order chi connectivity index (χ1) is 12.7. The molecular formula is C18H19K2O7PS2. The predicted molar refractivity (Wildman–Crippen MR) is 111 cm³/mol. The van der Waals surface area contributed by atoms with E-state index in [1.165, 1.54) is 24.3 Å². The van der Waals surface area contributed by atoms with Crippen LogP contribution in [0.25, 0.3) is 0 Å². The average Bonchev–Trinajstić information content (AvgIpc) is 2.62. The third-order valence-corrected chi connectivity index (χ3v) is 7.98. The van der Waals surface area contributed by atoms with Gasteiger partial charge in [-0.1, -0.05) is 54.6 Å². The molecule has 0 spiro atoms. The monoisotopic (exact) mass is 520 g/mol. The SMILES string of the molecule is O.O=S(=O)(O)c1ccc(P(c2ccccc2)c2ccc(S(=O)(=O)O)cc2)cc1.[H-].[H-].[K+].[K+]. The van der Waals surface area contributed by atoms with Crippen molar-refractivity contribution in [1.82, 2.24) is 0 Å². The van der Waals surface area contributed by atoms with Gasteiger partial charge in [0.05, 0.1) is 9.79 Å². The topological polar surface area (TPSA) is 140 Å². The molecule has 0 aliphatic rings. The van der Waals surface area contributed by atoms with Crippen molar-refractivity contribution in [3.05, 3.63) is 78.9 Å². The second-order valence-electron chi connectivity index (χ2n) is 5.61. The standard InChI is InChI=1S/C18H15O6PS2.2K.H2O.2H/c19-26(20,21)17-10-6-15(7-11-17)25(14-4-2-1-3-5-14)16-8-12-18(13-9-16)27(22,23)24;;;;;/h1-13H,(H,19,20,21)(H,22,23,24);;;1H2;;/q;2*+1;;2*-1. The van der Waals surface area contributed by atoms with E-state index in [9.17, 15) is 16.8 Å². The third-order valence-electron chi connectivity index (χ3n) is 3.80. The van der Waals surface area contributed by atoms with Crippen LogP contribution in [0.4, 0.5) is 0 Å². The first-order valence-corrected chi connectivity index (χ1v) is 11.9. The largest absolute Gasteiger partial charge is 1.00 e. The zero-order valence-electron chi connectivity index (χ0n) is 18.3. The van der Waals surface area contributed by atoms with Gasteiger partial charge in [-0.2, -0.15) is 16.8 Å². The molecule has 152 valence electrons. The fourth-order valence-electron chi connectivity index (χ4n) is 2.56. The summed E-state index contributed by atoms with van der Waals surface area (Å²) in [7, 11) is -9.66. The minimum atomic E-state index is -4.28. The maximum Gasteiger partial charge on any atom is 1.00 e. The molecule has 3 aromatic carbocycles. The second-order valence-corrected chi connectivity index (χ2v) is 10.7. The van der Waals surface area contributed by atoms with Crippen molar-refractivity contribution in [3.8, 4) is 0 Å². The van der Waals surface area contributed by atoms with Gasteiger partial charge in [0.25, 0.3) is 20.2 Å². The van der Waals surface area contributed by atoms with Gasteiger partial charge in [0.2, 0.25) is 0 Å². The first kappa shape index (κ1) is 31.1. The van der Waals surface area contributed by atoms with E-state index in [2.05, 4.69) is 0 Å². The summed E-state index contributed by atoms with van der Waals surface area (Å²) < 4.78 is 63.4. The second kappa shape index (κ2) is 13.1. The van der Waals surface area contributed by atoms with Crippen molar-refractivity contribution in [1.29, 1.82) is 0 Å². The van der Waals surface area contributed by atoms with E-state index in [0.29, 0.717) is 0 Å². The zero-order chi connectivity index (χ0) is 19.7. The van der Waals surface area contributed by atoms with Gasteiger partial charge in [-0.3, -0.25) is 9.11 Å². The Bertz CT molecular complexity index is 1090. The molecule has 0 heterocycles. The Balaban J connectivity index is -0.00000168. The van der Waals surface area contributed by atoms with Crippen molar-refractivity contribution < 1.29 is 137 Å². The van der Waals surface area contributed by atoms with Gasteiger partial charge in [0.1, 0.15) is 0 Å². The van der Waals surface area contributed by atoms with Crippen LogP contribution in [0.1, 0.15) is 2.85 Å². The maximum atomic E-state index is 11.3. The Labute approximate surface area is 265 Å². The molecule has 0 atom stereocenters. The van der Waals surface area contributed by atoms with Crippen LogP contribution in [-0.4, -0.2) is 31.4 Å². The van der Waals surface area contributed by atoms with Crippen molar-refractivity contribution >= 4 is 44.1 Å². The van der Waals surface area contributed by atoms with Crippen LogP contribution in [0.3, 0.4) is 0 Å². The summed E-state index contributed by atoms with van der Waals surface area (Å²) in [6, 6.07) is 21.3. The van der Waals surface area contributed by atoms with E-state index < -0.39 is 28.2 Å². The van der Waals surface area contributed by atoms with E-state index in [-0.39, 0.29) is 121 Å². The van der Waals surface area contributed by atoms with Crippen LogP contribution in [0.15, 0.2) is 88.7 Å². The van der Waals surface area contributed by atoms with Gasteiger partial charge in [0.15, 0.2) is 0 Å². The molecule has 0 amide bonds. The van der Waals surface area contributed by atoms with E-state index >= 15 is 0 Å². The number of rotatable bonds is 5. The molecule has 0 saturated heterocycles. The molecule has 3 aromatic rings. The minimum absolute atomic E-state index is 0. The van der Waals surface area contributed by atoms with Gasteiger partial charge < -0.3 is 8.33 Å². The van der Waals surface area contributed by atoms with E-state index in [0.717, 1.165) is 15.9 Å². The number of benzene rings is 3. The summed E-state index contributed by atoms with van der Waals surface area (Å²) in [5.74, 6) is 0. The van der Waals surface area contributed by atoms with Crippen LogP contribution in [0.2, 0.25) is 0 Å². The maximum absolute atomic E-state index is 11.3. The van der Waals surface area contributed by atoms with Crippen LogP contribution in [0.5, 0.6) is 0 Å². The third kappa shape index (κ3) is 8.17. The molecule has 0 unspecified atom stereocenters. The van der Waals surface area contributed by atoms with Gasteiger partial charge >= 0.3 is 103 Å². The first-order valence-electron chi connectivity index (χ1n) is 7.66. The Morgan fingerprint density at radius 3 is 1.17 bits per heavy atom. The molecule has 12 heteroatoms. The van der Waals surface area contributed by atoms with Crippen LogP contribution >= 0.6 is 7.92 Å². The Morgan fingerprint density at radius 1 is 0.567 bits per heavy atom. The molecule has 0 fully saturated rings. The molecule has 30 heavy (non-hydrogen) atoms. The Hall–Kier alpha value is 1.14. The fourth-order valence-corrected chi connectivity index (χ4v) is 5.78. The molecule has 0 aliphatic carbocycles. The van der Waals surface area contributed by atoms with Crippen LogP contribution in [0, 0.1) is 0 Å². The average molecular weight is 521 g/mol. The Morgan fingerprint density at radius 2 is 0.867 bits per heavy atom. The number of hydrogen-bond acceptors (Lipinski definition) is 4. The van der Waals surface area contributed by atoms with Crippen LogP contribution < -0.4 is 119 Å². The summed E-state index contributed by atoms with van der Waals surface area (Å²) >= 11 is 0. The molecule has 3 rings (SSSR count). The number of hydrogen-bond donors (Lipinski definition) is 2. The van der Waals surface area contributed by atoms with Crippen LogP contribution in [-0.2, 0) is 20.2 Å². The van der Waals surface area contributed by atoms with Gasteiger partial charge in [-0.15, -0.1) is 0 Å². The minimum Gasteiger partial charge on any atom is -1.00 e. The summed E-state index contributed by atoms with van der Waals surface area (Å²) in [5.41, 5.74) is 0. The fraction of sp³-hybridized carbons (Fsp3) is 0. The van der Waals surface area contributed by atoms with Crippen molar-refractivity contribution in [3.63, 3.8) is 0 Å². The van der Waals surface area contributed by atoms with Crippen molar-refractivity contribution in [2.24, 2.45) is 0 Å². The molecule has 0 radical (unpaired) electrons.